The molecule has 0 unspecified atom stereocenters. The molecule has 1 amide bonds. The van der Waals surface area contributed by atoms with Crippen molar-refractivity contribution >= 4 is 11.7 Å². The summed E-state index contributed by atoms with van der Waals surface area (Å²) in [5.41, 5.74) is 4.80. The summed E-state index contributed by atoms with van der Waals surface area (Å²) < 4.78 is 0. The number of nitrogens with two attached hydrogens (primary N) is 1. The second kappa shape index (κ2) is 9.14. The van der Waals surface area contributed by atoms with Crippen LogP contribution in [0.1, 0.15) is 40.0 Å². The number of primary amides is 1. The smallest absolute Gasteiger partial charge is 0.217 e. The first kappa shape index (κ1) is 12.8. The van der Waals surface area contributed by atoms with Gasteiger partial charge in [-0.2, -0.15) is 0 Å². The number of hydrogen-bond acceptors (Lipinski definition) is 2. The highest BCUT2D eigenvalue weighted by Gasteiger charge is 1.99. The van der Waals surface area contributed by atoms with Crippen LogP contribution in [0, 0.1) is 0 Å². The van der Waals surface area contributed by atoms with Gasteiger partial charge >= 0.3 is 0 Å². The summed E-state index contributed by atoms with van der Waals surface area (Å²) in [6.07, 6.45) is 0.978. The minimum Gasteiger partial charge on any atom is -0.370 e. The van der Waals surface area contributed by atoms with Crippen LogP contribution in [0.5, 0.6) is 0 Å². The van der Waals surface area contributed by atoms with Crippen LogP contribution < -0.4 is 5.73 Å². The predicted molar refractivity (Wildman–Crippen MR) is 45.1 cm³/mol. The van der Waals surface area contributed by atoms with Crippen molar-refractivity contribution in [1.82, 2.24) is 0 Å². The minimum atomic E-state index is -0.406. The third-order valence-electron chi connectivity index (χ3n) is 1.04. The summed E-state index contributed by atoms with van der Waals surface area (Å²) >= 11 is 0. The van der Waals surface area contributed by atoms with Crippen LogP contribution in [0.25, 0.3) is 0 Å². The van der Waals surface area contributed by atoms with Crippen molar-refractivity contribution in [2.24, 2.45) is 5.73 Å². The van der Waals surface area contributed by atoms with Gasteiger partial charge in [0.15, 0.2) is 0 Å². The van der Waals surface area contributed by atoms with Gasteiger partial charge in [-0.3, -0.25) is 9.59 Å². The Hall–Kier alpha value is -0.860. The zero-order valence-electron chi connectivity index (χ0n) is 7.52. The molecule has 0 rings (SSSR count). The van der Waals surface area contributed by atoms with Crippen LogP contribution in [0.15, 0.2) is 0 Å². The van der Waals surface area contributed by atoms with E-state index in [1.54, 1.807) is 6.92 Å². The number of rotatable bonds is 4. The van der Waals surface area contributed by atoms with Crippen LogP contribution in [0.4, 0.5) is 0 Å². The second-order valence-electron chi connectivity index (χ2n) is 1.86. The van der Waals surface area contributed by atoms with Crippen LogP contribution in [-0.4, -0.2) is 11.7 Å². The molecule has 0 aliphatic rings. The molecule has 0 aromatic rings. The number of hydrogen-bond donors (Lipinski definition) is 1. The van der Waals surface area contributed by atoms with Gasteiger partial charge in [0.1, 0.15) is 5.78 Å². The normalized spacial score (nSPS) is 7.91. The summed E-state index contributed by atoms with van der Waals surface area (Å²) in [7, 11) is 0. The SMILES string of the molecule is CC.CCC(=O)CCC(N)=O. The Morgan fingerprint density at radius 2 is 1.64 bits per heavy atom. The molecular weight excluding hydrogens is 142 g/mol. The quantitative estimate of drug-likeness (QED) is 0.671. The van der Waals surface area contributed by atoms with Gasteiger partial charge < -0.3 is 5.73 Å². The number of Topliss-reactive ketones (excluding diaryl/α,β-unsaturated/α-hetero) is 1. The molecule has 0 radical (unpaired) electrons. The fraction of sp³-hybridized carbons (Fsp3) is 0.750. The van der Waals surface area contributed by atoms with E-state index in [1.807, 2.05) is 13.8 Å². The third kappa shape index (κ3) is 12.4. The second-order valence-corrected chi connectivity index (χ2v) is 1.86. The van der Waals surface area contributed by atoms with E-state index < -0.39 is 5.91 Å². The van der Waals surface area contributed by atoms with E-state index in [9.17, 15) is 9.59 Å². The molecular formula is C8H17NO2. The van der Waals surface area contributed by atoms with Crippen LogP contribution in [-0.2, 0) is 9.59 Å². The summed E-state index contributed by atoms with van der Waals surface area (Å²) in [5, 5.41) is 0. The first-order chi connectivity index (χ1) is 5.16. The molecule has 0 heterocycles. The molecule has 3 heteroatoms. The lowest BCUT2D eigenvalue weighted by Crippen LogP contribution is -2.12. The van der Waals surface area contributed by atoms with Gasteiger partial charge in [0.25, 0.3) is 0 Å². The maximum atomic E-state index is 10.5. The molecule has 0 saturated carbocycles. The molecule has 11 heavy (non-hydrogen) atoms. The summed E-state index contributed by atoms with van der Waals surface area (Å²) in [5.74, 6) is -0.314. The predicted octanol–water partition coefficient (Wildman–Crippen LogP) is 1.26. The van der Waals surface area contributed by atoms with E-state index in [4.69, 9.17) is 5.73 Å². The molecule has 66 valence electrons. The Labute approximate surface area is 68.0 Å². The van der Waals surface area contributed by atoms with Gasteiger partial charge in [0.05, 0.1) is 0 Å². The molecule has 0 aliphatic heterocycles. The van der Waals surface area contributed by atoms with Gasteiger partial charge in [-0.1, -0.05) is 20.8 Å². The van der Waals surface area contributed by atoms with Gasteiger partial charge in [-0.15, -0.1) is 0 Å². The van der Waals surface area contributed by atoms with E-state index in [0.717, 1.165) is 0 Å². The fourth-order valence-electron chi connectivity index (χ4n) is 0.439. The first-order valence-corrected chi connectivity index (χ1v) is 3.96. The van der Waals surface area contributed by atoms with E-state index in [0.29, 0.717) is 12.8 Å². The van der Waals surface area contributed by atoms with Crippen molar-refractivity contribution in [3.63, 3.8) is 0 Å². The van der Waals surface area contributed by atoms with Crippen LogP contribution >= 0.6 is 0 Å². The highest BCUT2D eigenvalue weighted by atomic mass is 16.1. The molecule has 0 aliphatic carbocycles. The molecule has 0 aromatic heterocycles. The van der Waals surface area contributed by atoms with E-state index >= 15 is 0 Å². The van der Waals surface area contributed by atoms with E-state index in [1.165, 1.54) is 0 Å². The highest BCUT2D eigenvalue weighted by molar-refractivity contribution is 5.83. The third-order valence-corrected chi connectivity index (χ3v) is 1.04. The minimum absolute atomic E-state index is 0.0915. The zero-order valence-corrected chi connectivity index (χ0v) is 7.52. The standard InChI is InChI=1S/C6H11NO2.C2H6/c1-2-5(8)3-4-6(7)9;1-2/h2-4H2,1H3,(H2,7,9);1-2H3. The Bertz CT molecular complexity index is 121. The van der Waals surface area contributed by atoms with Crippen molar-refractivity contribution in [2.45, 2.75) is 40.0 Å². The Morgan fingerprint density at radius 3 is 1.91 bits per heavy atom. The Morgan fingerprint density at radius 1 is 1.18 bits per heavy atom. The molecule has 0 spiro atoms. The molecule has 3 nitrogen and oxygen atoms in total. The summed E-state index contributed by atoms with van der Waals surface area (Å²) in [6.45, 7) is 5.77. The molecule has 0 aromatic carbocycles. The molecule has 0 atom stereocenters. The number of carbonyl (C=O) groups excluding carboxylic acids is 2. The zero-order chi connectivity index (χ0) is 9.28. The maximum Gasteiger partial charge on any atom is 0.217 e. The topological polar surface area (TPSA) is 60.2 Å². The van der Waals surface area contributed by atoms with Gasteiger partial charge in [-0.05, 0) is 0 Å². The van der Waals surface area contributed by atoms with E-state index in [2.05, 4.69) is 0 Å². The fourth-order valence-corrected chi connectivity index (χ4v) is 0.439. The monoisotopic (exact) mass is 159 g/mol. The number of ketones is 1. The highest BCUT2D eigenvalue weighted by Crippen LogP contribution is 1.92. The molecule has 0 fully saturated rings. The Balaban J connectivity index is 0. The van der Waals surface area contributed by atoms with Crippen LogP contribution in [0.2, 0.25) is 0 Å². The number of amides is 1. The van der Waals surface area contributed by atoms with Gasteiger partial charge in [0, 0.05) is 19.3 Å². The average molecular weight is 159 g/mol. The Kier molecular flexibility index (Phi) is 10.6. The van der Waals surface area contributed by atoms with Crippen molar-refractivity contribution in [1.29, 1.82) is 0 Å². The van der Waals surface area contributed by atoms with Crippen molar-refractivity contribution in [3.05, 3.63) is 0 Å². The molecule has 0 bridgehead atoms. The lowest BCUT2D eigenvalue weighted by Gasteiger charge is -1.91. The van der Waals surface area contributed by atoms with Gasteiger partial charge in [-0.25, -0.2) is 0 Å². The van der Waals surface area contributed by atoms with Gasteiger partial charge in [0.2, 0.25) is 5.91 Å². The lowest BCUT2D eigenvalue weighted by molar-refractivity contribution is -0.123. The molecule has 0 saturated heterocycles. The molecule has 2 N–H and O–H groups in total. The average Bonchev–Trinajstić information content (AvgIpc) is 2.04. The van der Waals surface area contributed by atoms with Crippen molar-refractivity contribution in [2.75, 3.05) is 0 Å². The summed E-state index contributed by atoms with van der Waals surface area (Å²) in [4.78, 5) is 20.6. The van der Waals surface area contributed by atoms with Crippen molar-refractivity contribution in [3.8, 4) is 0 Å². The number of carbonyl (C=O) groups is 2. The lowest BCUT2D eigenvalue weighted by atomic mass is 10.2. The first-order valence-electron chi connectivity index (χ1n) is 3.96. The maximum absolute atomic E-state index is 10.5. The summed E-state index contributed by atoms with van der Waals surface area (Å²) in [6, 6.07) is 0. The van der Waals surface area contributed by atoms with Crippen LogP contribution in [0.3, 0.4) is 0 Å². The largest absolute Gasteiger partial charge is 0.370 e. The van der Waals surface area contributed by atoms with Crippen molar-refractivity contribution < 1.29 is 9.59 Å². The van der Waals surface area contributed by atoms with E-state index in [-0.39, 0.29) is 12.2 Å².